The van der Waals surface area contributed by atoms with Crippen molar-refractivity contribution in [1.82, 2.24) is 15.6 Å². The average Bonchev–Trinajstić information content (AvgIpc) is 3.16. The molecule has 0 spiro atoms. The molecule has 0 aliphatic heterocycles. The summed E-state index contributed by atoms with van der Waals surface area (Å²) in [5.41, 5.74) is 3.21. The summed E-state index contributed by atoms with van der Waals surface area (Å²) in [6.45, 7) is 2.42. The number of ether oxygens (including phenoxy) is 2. The monoisotopic (exact) mass is 381 g/mol. The number of methoxy groups -OCH3 is 2. The number of hydrogen-bond donors (Lipinski definition) is 3. The number of hydrogen-bond acceptors (Lipinski definition) is 4. The van der Waals surface area contributed by atoms with Crippen molar-refractivity contribution < 1.29 is 14.3 Å². The van der Waals surface area contributed by atoms with Crippen LogP contribution in [-0.2, 0) is 4.79 Å². The Morgan fingerprint density at radius 1 is 1.07 bits per heavy atom. The van der Waals surface area contributed by atoms with Gasteiger partial charge in [0.2, 0.25) is 5.91 Å². The number of rotatable bonds is 8. The van der Waals surface area contributed by atoms with Crippen LogP contribution in [0, 0.1) is 0 Å². The third-order valence-corrected chi connectivity index (χ3v) is 5.07. The second kappa shape index (κ2) is 8.80. The summed E-state index contributed by atoms with van der Waals surface area (Å²) < 4.78 is 11.2. The number of fused-ring (bicyclic) bond motifs is 1. The first-order chi connectivity index (χ1) is 13.6. The predicted octanol–water partition coefficient (Wildman–Crippen LogP) is 3.04. The highest BCUT2D eigenvalue weighted by Crippen LogP contribution is 2.40. The Hall–Kier alpha value is -2.99. The summed E-state index contributed by atoms with van der Waals surface area (Å²) in [7, 11) is 4.92. The molecule has 0 saturated carbocycles. The number of aromatic nitrogens is 1. The molecule has 1 amide bonds. The van der Waals surface area contributed by atoms with E-state index in [-0.39, 0.29) is 17.9 Å². The number of likely N-dealkylation sites (N-methyl/N-ethyl adjacent to an activating group) is 1. The molecule has 3 N–H and O–H groups in total. The van der Waals surface area contributed by atoms with Crippen molar-refractivity contribution in [3.63, 3.8) is 0 Å². The van der Waals surface area contributed by atoms with Crippen molar-refractivity contribution in [2.75, 3.05) is 27.8 Å². The molecule has 1 heterocycles. The molecule has 6 heteroatoms. The van der Waals surface area contributed by atoms with E-state index in [1.54, 1.807) is 21.3 Å². The van der Waals surface area contributed by atoms with Crippen LogP contribution in [0.4, 0.5) is 0 Å². The first-order valence-corrected chi connectivity index (χ1v) is 9.32. The van der Waals surface area contributed by atoms with E-state index in [0.29, 0.717) is 18.0 Å². The van der Waals surface area contributed by atoms with E-state index in [1.807, 2.05) is 43.5 Å². The lowest BCUT2D eigenvalue weighted by Gasteiger charge is -2.23. The van der Waals surface area contributed by atoms with Crippen molar-refractivity contribution in [1.29, 1.82) is 0 Å². The molecular formula is C22H27N3O3. The van der Waals surface area contributed by atoms with E-state index in [9.17, 15) is 4.79 Å². The Morgan fingerprint density at radius 2 is 1.86 bits per heavy atom. The highest BCUT2D eigenvalue weighted by molar-refractivity contribution is 5.84. The Bertz CT molecular complexity index is 951. The van der Waals surface area contributed by atoms with Crippen LogP contribution >= 0.6 is 0 Å². The van der Waals surface area contributed by atoms with Crippen LogP contribution in [0.25, 0.3) is 10.9 Å². The number of carbonyl (C=O) groups excluding carboxylic acids is 1. The minimum atomic E-state index is -0.311. The van der Waals surface area contributed by atoms with Crippen molar-refractivity contribution in [2.24, 2.45) is 0 Å². The molecule has 0 aliphatic rings. The van der Waals surface area contributed by atoms with Crippen LogP contribution in [-0.4, -0.2) is 44.7 Å². The quantitative estimate of drug-likeness (QED) is 0.561. The molecule has 2 atom stereocenters. The zero-order chi connectivity index (χ0) is 20.1. The summed E-state index contributed by atoms with van der Waals surface area (Å²) in [6, 6.07) is 13.8. The summed E-state index contributed by atoms with van der Waals surface area (Å²) >= 11 is 0. The fourth-order valence-corrected chi connectivity index (χ4v) is 3.56. The number of aromatic amines is 1. The van der Waals surface area contributed by atoms with E-state index in [2.05, 4.69) is 27.8 Å². The van der Waals surface area contributed by atoms with Gasteiger partial charge in [0, 0.05) is 42.2 Å². The first-order valence-electron chi connectivity index (χ1n) is 9.32. The van der Waals surface area contributed by atoms with Crippen LogP contribution in [0.15, 0.2) is 48.7 Å². The minimum Gasteiger partial charge on any atom is -0.493 e. The lowest BCUT2D eigenvalue weighted by molar-refractivity contribution is -0.122. The lowest BCUT2D eigenvalue weighted by atomic mass is 9.89. The average molecular weight is 381 g/mol. The van der Waals surface area contributed by atoms with Crippen LogP contribution in [0.5, 0.6) is 11.5 Å². The Kier molecular flexibility index (Phi) is 6.21. The number of H-pyrrole nitrogens is 1. The van der Waals surface area contributed by atoms with E-state index >= 15 is 0 Å². The number of nitrogens with one attached hydrogen (secondary N) is 3. The molecule has 148 valence electrons. The van der Waals surface area contributed by atoms with Gasteiger partial charge in [0.1, 0.15) is 0 Å². The molecule has 0 saturated heterocycles. The van der Waals surface area contributed by atoms with Gasteiger partial charge in [0.05, 0.1) is 20.3 Å². The largest absolute Gasteiger partial charge is 0.493 e. The summed E-state index contributed by atoms with van der Waals surface area (Å²) in [4.78, 5) is 15.3. The summed E-state index contributed by atoms with van der Waals surface area (Å²) in [6.07, 6.45) is 2.03. The van der Waals surface area contributed by atoms with Gasteiger partial charge in [-0.15, -0.1) is 0 Å². The molecule has 1 aromatic heterocycles. The second-order valence-corrected chi connectivity index (χ2v) is 6.67. The normalized spacial score (nSPS) is 13.1. The molecule has 2 aromatic carbocycles. The minimum absolute atomic E-state index is 0.0340. The van der Waals surface area contributed by atoms with Crippen LogP contribution in [0.3, 0.4) is 0 Å². The van der Waals surface area contributed by atoms with Gasteiger partial charge in [-0.25, -0.2) is 0 Å². The number of benzene rings is 2. The second-order valence-electron chi connectivity index (χ2n) is 6.67. The lowest BCUT2D eigenvalue weighted by Crippen LogP contribution is -2.42. The number of amides is 1. The summed E-state index contributed by atoms with van der Waals surface area (Å²) in [5, 5.41) is 7.18. The standard InChI is InChI=1S/C22H27N3O3/c1-14(22(26)23-2)24-12-18(16-9-7-11-20(27-3)21(16)28-4)17-13-25-19-10-6-5-8-15(17)19/h5-11,13-14,18,24-25H,12H2,1-4H3,(H,23,26)/t14-,18-/m1/s1. The van der Waals surface area contributed by atoms with E-state index in [0.717, 1.165) is 22.0 Å². The van der Waals surface area contributed by atoms with Gasteiger partial charge < -0.3 is 25.1 Å². The van der Waals surface area contributed by atoms with Crippen molar-refractivity contribution in [3.05, 3.63) is 59.8 Å². The third-order valence-electron chi connectivity index (χ3n) is 5.07. The van der Waals surface area contributed by atoms with Crippen molar-refractivity contribution in [3.8, 4) is 11.5 Å². The van der Waals surface area contributed by atoms with Gasteiger partial charge in [-0.1, -0.05) is 30.3 Å². The Balaban J connectivity index is 2.06. The maximum absolute atomic E-state index is 12.0. The Labute approximate surface area is 165 Å². The van der Waals surface area contributed by atoms with Gasteiger partial charge >= 0.3 is 0 Å². The van der Waals surface area contributed by atoms with E-state index < -0.39 is 0 Å². The molecule has 0 radical (unpaired) electrons. The molecular weight excluding hydrogens is 354 g/mol. The van der Waals surface area contributed by atoms with Gasteiger partial charge in [-0.3, -0.25) is 4.79 Å². The summed E-state index contributed by atoms with van der Waals surface area (Å²) in [5.74, 6) is 1.31. The molecule has 3 rings (SSSR count). The topological polar surface area (TPSA) is 75.4 Å². The molecule has 3 aromatic rings. The van der Waals surface area contributed by atoms with Gasteiger partial charge in [0.25, 0.3) is 0 Å². The van der Waals surface area contributed by atoms with Gasteiger partial charge in [-0.05, 0) is 24.6 Å². The van der Waals surface area contributed by atoms with E-state index in [4.69, 9.17) is 9.47 Å². The highest BCUT2D eigenvalue weighted by Gasteiger charge is 2.24. The number of para-hydroxylation sites is 2. The molecule has 28 heavy (non-hydrogen) atoms. The van der Waals surface area contributed by atoms with Gasteiger partial charge in [-0.2, -0.15) is 0 Å². The van der Waals surface area contributed by atoms with Crippen LogP contribution in [0.1, 0.15) is 24.0 Å². The van der Waals surface area contributed by atoms with Crippen molar-refractivity contribution >= 4 is 16.8 Å². The SMILES string of the molecule is CNC(=O)[C@@H](C)NC[C@H](c1cccc(OC)c1OC)c1c[nH]c2ccccc12. The fraction of sp³-hybridized carbons (Fsp3) is 0.318. The third kappa shape index (κ3) is 3.82. The fourth-order valence-electron chi connectivity index (χ4n) is 3.56. The number of carbonyl (C=O) groups is 1. The molecule has 0 unspecified atom stereocenters. The first kappa shape index (κ1) is 19.8. The predicted molar refractivity (Wildman–Crippen MR) is 111 cm³/mol. The van der Waals surface area contributed by atoms with Crippen LogP contribution in [0.2, 0.25) is 0 Å². The maximum Gasteiger partial charge on any atom is 0.236 e. The van der Waals surface area contributed by atoms with E-state index in [1.165, 1.54) is 0 Å². The highest BCUT2D eigenvalue weighted by atomic mass is 16.5. The van der Waals surface area contributed by atoms with Gasteiger partial charge in [0.15, 0.2) is 11.5 Å². The molecule has 0 aliphatic carbocycles. The van der Waals surface area contributed by atoms with Crippen molar-refractivity contribution in [2.45, 2.75) is 18.9 Å². The smallest absolute Gasteiger partial charge is 0.236 e. The molecule has 0 fully saturated rings. The molecule has 6 nitrogen and oxygen atoms in total. The molecule has 0 bridgehead atoms. The zero-order valence-corrected chi connectivity index (χ0v) is 16.7. The van der Waals surface area contributed by atoms with Crippen LogP contribution < -0.4 is 20.1 Å². The maximum atomic E-state index is 12.0. The Morgan fingerprint density at radius 3 is 2.57 bits per heavy atom. The zero-order valence-electron chi connectivity index (χ0n) is 16.7.